The second-order valence-corrected chi connectivity index (χ2v) is 9.73. The fraction of sp³-hybridized carbons (Fsp3) is 0.385. The number of hydrogen-bond acceptors (Lipinski definition) is 3. The van der Waals surface area contributed by atoms with Gasteiger partial charge in [-0.1, -0.05) is 35.3 Å². The van der Waals surface area contributed by atoms with Crippen molar-refractivity contribution in [1.29, 1.82) is 0 Å². The van der Waals surface area contributed by atoms with Gasteiger partial charge in [0.25, 0.3) is 5.91 Å². The monoisotopic (exact) mass is 486 g/mol. The molecule has 1 aliphatic rings. The first kappa shape index (κ1) is 23.7. The van der Waals surface area contributed by atoms with Crippen LogP contribution in [0.2, 0.25) is 10.0 Å². The van der Waals surface area contributed by atoms with Gasteiger partial charge in [0.15, 0.2) is 0 Å². The van der Waals surface area contributed by atoms with Gasteiger partial charge in [-0.3, -0.25) is 9.59 Å². The molecule has 7 heteroatoms. The molecule has 1 heterocycles. The summed E-state index contributed by atoms with van der Waals surface area (Å²) in [4.78, 5) is 25.2. The van der Waals surface area contributed by atoms with Crippen LogP contribution in [0, 0.1) is 11.8 Å². The Balaban J connectivity index is 1.52. The molecule has 4 rings (SSSR count). The number of methoxy groups -OCH3 is 1. The van der Waals surface area contributed by atoms with Crippen molar-refractivity contribution in [2.24, 2.45) is 11.8 Å². The Labute approximate surface area is 204 Å². The standard InChI is InChI=1S/C26H28Cl2N2O3/c1-16(18-5-7-19(8-6-18)26(32)33-2)29-25(31)23-14-22(28)13-20-11-12-30(24(20)23)15-17-3-9-21(27)10-4-17/h3-4,9-14,16,18-19H,5-8,15H2,1-2H3,(H,29,31). The molecule has 1 fully saturated rings. The second-order valence-electron chi connectivity index (χ2n) is 8.86. The van der Waals surface area contributed by atoms with Crippen molar-refractivity contribution in [3.63, 3.8) is 0 Å². The first-order valence-electron chi connectivity index (χ1n) is 11.3. The number of fused-ring (bicyclic) bond motifs is 1. The maximum Gasteiger partial charge on any atom is 0.308 e. The van der Waals surface area contributed by atoms with Gasteiger partial charge in [0.05, 0.1) is 24.1 Å². The second kappa shape index (κ2) is 10.2. The summed E-state index contributed by atoms with van der Waals surface area (Å²) in [6.07, 6.45) is 5.34. The predicted molar refractivity (Wildman–Crippen MR) is 132 cm³/mol. The first-order chi connectivity index (χ1) is 15.9. The minimum absolute atomic E-state index is 0.00944. The molecule has 1 unspecified atom stereocenters. The van der Waals surface area contributed by atoms with E-state index in [2.05, 4.69) is 9.88 Å². The molecular weight excluding hydrogens is 459 g/mol. The summed E-state index contributed by atoms with van der Waals surface area (Å²) in [6, 6.07) is 13.3. The highest BCUT2D eigenvalue weighted by molar-refractivity contribution is 6.32. The van der Waals surface area contributed by atoms with Gasteiger partial charge in [-0.05, 0) is 74.4 Å². The number of halogens is 2. The molecule has 1 saturated carbocycles. The molecule has 174 valence electrons. The number of benzene rings is 2. The molecule has 0 bridgehead atoms. The van der Waals surface area contributed by atoms with Crippen LogP contribution in [0.15, 0.2) is 48.7 Å². The van der Waals surface area contributed by atoms with Gasteiger partial charge in [0.2, 0.25) is 0 Å². The van der Waals surface area contributed by atoms with Gasteiger partial charge in [-0.15, -0.1) is 0 Å². The van der Waals surface area contributed by atoms with Crippen molar-refractivity contribution in [1.82, 2.24) is 9.88 Å². The molecule has 1 atom stereocenters. The van der Waals surface area contributed by atoms with Gasteiger partial charge in [-0.25, -0.2) is 0 Å². The van der Waals surface area contributed by atoms with Crippen LogP contribution in [0.5, 0.6) is 0 Å². The summed E-state index contributed by atoms with van der Waals surface area (Å²) in [5.74, 6) is 0.0253. The van der Waals surface area contributed by atoms with E-state index in [1.54, 1.807) is 6.07 Å². The predicted octanol–water partition coefficient (Wildman–Crippen LogP) is 6.09. The minimum atomic E-state index is -0.138. The molecule has 0 spiro atoms. The van der Waals surface area contributed by atoms with Crippen LogP contribution in [0.1, 0.15) is 48.5 Å². The largest absolute Gasteiger partial charge is 0.469 e. The van der Waals surface area contributed by atoms with E-state index in [0.717, 1.165) is 42.1 Å². The Morgan fingerprint density at radius 2 is 1.76 bits per heavy atom. The molecular formula is C26H28Cl2N2O3. The smallest absolute Gasteiger partial charge is 0.308 e. The SMILES string of the molecule is COC(=O)C1CCC(C(C)NC(=O)c2cc(Cl)cc3ccn(Cc4ccc(Cl)cc4)c23)CC1. The first-order valence-corrected chi connectivity index (χ1v) is 12.0. The number of carbonyl (C=O) groups is 2. The number of amides is 1. The number of hydrogen-bond donors (Lipinski definition) is 1. The van der Waals surface area contributed by atoms with E-state index in [9.17, 15) is 9.59 Å². The summed E-state index contributed by atoms with van der Waals surface area (Å²) in [5.41, 5.74) is 2.51. The highest BCUT2D eigenvalue weighted by atomic mass is 35.5. The summed E-state index contributed by atoms with van der Waals surface area (Å²) in [6.45, 7) is 2.66. The maximum atomic E-state index is 13.4. The maximum absolute atomic E-state index is 13.4. The summed E-state index contributed by atoms with van der Waals surface area (Å²) >= 11 is 12.4. The number of aromatic nitrogens is 1. The van der Waals surface area contributed by atoms with Crippen molar-refractivity contribution < 1.29 is 14.3 Å². The normalized spacial score (nSPS) is 19.3. The number of carbonyl (C=O) groups excluding carboxylic acids is 2. The summed E-state index contributed by atoms with van der Waals surface area (Å²) < 4.78 is 6.95. The van der Waals surface area contributed by atoms with Gasteiger partial charge in [-0.2, -0.15) is 0 Å². The van der Waals surface area contributed by atoms with Gasteiger partial charge in [0, 0.05) is 34.2 Å². The molecule has 0 aliphatic heterocycles. The number of nitrogens with zero attached hydrogens (tertiary/aromatic N) is 1. The zero-order chi connectivity index (χ0) is 23.5. The molecule has 2 aromatic carbocycles. The fourth-order valence-electron chi connectivity index (χ4n) is 4.83. The quantitative estimate of drug-likeness (QED) is 0.428. The lowest BCUT2D eigenvalue weighted by molar-refractivity contribution is -0.146. The molecule has 0 radical (unpaired) electrons. The van der Waals surface area contributed by atoms with Gasteiger partial charge >= 0.3 is 5.97 Å². The summed E-state index contributed by atoms with van der Waals surface area (Å²) in [7, 11) is 1.44. The Morgan fingerprint density at radius 1 is 1.06 bits per heavy atom. The third-order valence-corrected chi connectivity index (χ3v) is 7.18. The average molecular weight is 487 g/mol. The zero-order valence-electron chi connectivity index (χ0n) is 18.8. The number of esters is 1. The van der Waals surface area contributed by atoms with Crippen LogP contribution in [-0.2, 0) is 16.1 Å². The highest BCUT2D eigenvalue weighted by Crippen LogP contribution is 2.32. The van der Waals surface area contributed by atoms with E-state index < -0.39 is 0 Å². The van der Waals surface area contributed by atoms with E-state index in [1.165, 1.54) is 7.11 Å². The fourth-order valence-corrected chi connectivity index (χ4v) is 5.18. The summed E-state index contributed by atoms with van der Waals surface area (Å²) in [5, 5.41) is 5.33. The lowest BCUT2D eigenvalue weighted by Gasteiger charge is -2.31. The van der Waals surface area contributed by atoms with Crippen molar-refractivity contribution in [2.75, 3.05) is 7.11 Å². The van der Waals surface area contributed by atoms with Gasteiger partial charge in [0.1, 0.15) is 0 Å². The van der Waals surface area contributed by atoms with E-state index >= 15 is 0 Å². The lowest BCUT2D eigenvalue weighted by atomic mass is 9.79. The van der Waals surface area contributed by atoms with E-state index in [1.807, 2.05) is 49.5 Å². The zero-order valence-corrected chi connectivity index (χ0v) is 20.3. The average Bonchev–Trinajstić information content (AvgIpc) is 3.21. The Kier molecular flexibility index (Phi) is 7.30. The van der Waals surface area contributed by atoms with Crippen LogP contribution >= 0.6 is 23.2 Å². The van der Waals surface area contributed by atoms with Crippen molar-refractivity contribution >= 4 is 46.0 Å². The molecule has 1 aliphatic carbocycles. The van der Waals surface area contributed by atoms with Crippen molar-refractivity contribution in [2.45, 2.75) is 45.2 Å². The van der Waals surface area contributed by atoms with Gasteiger partial charge < -0.3 is 14.6 Å². The third-order valence-electron chi connectivity index (χ3n) is 6.71. The number of nitrogens with one attached hydrogen (secondary N) is 1. The molecule has 1 amide bonds. The molecule has 1 aromatic heterocycles. The number of rotatable bonds is 6. The molecule has 3 aromatic rings. The Hall–Kier alpha value is -2.50. The van der Waals surface area contributed by atoms with E-state index in [0.29, 0.717) is 28.1 Å². The Bertz CT molecular complexity index is 1150. The number of ether oxygens (including phenoxy) is 1. The van der Waals surface area contributed by atoms with Crippen LogP contribution < -0.4 is 5.32 Å². The molecule has 0 saturated heterocycles. The van der Waals surface area contributed by atoms with Crippen LogP contribution in [-0.4, -0.2) is 29.6 Å². The lowest BCUT2D eigenvalue weighted by Crippen LogP contribution is -2.40. The topological polar surface area (TPSA) is 60.3 Å². The molecule has 5 nitrogen and oxygen atoms in total. The van der Waals surface area contributed by atoms with Crippen molar-refractivity contribution in [3.05, 3.63) is 69.8 Å². The molecule has 33 heavy (non-hydrogen) atoms. The van der Waals surface area contributed by atoms with Crippen LogP contribution in [0.4, 0.5) is 0 Å². The van der Waals surface area contributed by atoms with Crippen molar-refractivity contribution in [3.8, 4) is 0 Å². The van der Waals surface area contributed by atoms with Crippen LogP contribution in [0.25, 0.3) is 10.9 Å². The minimum Gasteiger partial charge on any atom is -0.469 e. The highest BCUT2D eigenvalue weighted by Gasteiger charge is 2.30. The Morgan fingerprint density at radius 3 is 2.42 bits per heavy atom. The van der Waals surface area contributed by atoms with Crippen LogP contribution in [0.3, 0.4) is 0 Å². The van der Waals surface area contributed by atoms with E-state index in [4.69, 9.17) is 27.9 Å². The molecule has 1 N–H and O–H groups in total. The third kappa shape index (κ3) is 5.36. The van der Waals surface area contributed by atoms with E-state index in [-0.39, 0.29) is 23.8 Å².